The quantitative estimate of drug-likeness (QED) is 0.918. The van der Waals surface area contributed by atoms with Crippen molar-refractivity contribution in [2.45, 2.75) is 12.3 Å². The summed E-state index contributed by atoms with van der Waals surface area (Å²) in [5, 5.41) is 0.0189. The van der Waals surface area contributed by atoms with Gasteiger partial charge in [-0.2, -0.15) is 13.2 Å². The van der Waals surface area contributed by atoms with Gasteiger partial charge in [0.05, 0.1) is 10.0 Å². The lowest BCUT2D eigenvalue weighted by molar-refractivity contribution is -0.191. The van der Waals surface area contributed by atoms with Gasteiger partial charge in [0.2, 0.25) is 6.10 Å². The summed E-state index contributed by atoms with van der Waals surface area (Å²) in [5.41, 5.74) is 4.98. The molecule has 0 radical (unpaired) electrons. The third-order valence-electron chi connectivity index (χ3n) is 1.76. The molecule has 1 aromatic rings. The number of benzene rings is 1. The van der Waals surface area contributed by atoms with Gasteiger partial charge in [-0.15, -0.1) is 0 Å². The average molecular weight is 274 g/mol. The number of ether oxygens (including phenoxy) is 1. The van der Waals surface area contributed by atoms with E-state index in [0.717, 1.165) is 0 Å². The van der Waals surface area contributed by atoms with Crippen molar-refractivity contribution in [3.8, 4) is 5.75 Å². The van der Waals surface area contributed by atoms with Gasteiger partial charge in [0, 0.05) is 6.54 Å². The first-order valence-electron chi connectivity index (χ1n) is 4.23. The topological polar surface area (TPSA) is 35.2 Å². The summed E-state index contributed by atoms with van der Waals surface area (Å²) in [6.45, 7) is -0.703. The molecule has 0 heterocycles. The number of halogens is 5. The predicted octanol–water partition coefficient (Wildman–Crippen LogP) is 3.26. The zero-order chi connectivity index (χ0) is 12.3. The molecule has 90 valence electrons. The van der Waals surface area contributed by atoms with Crippen molar-refractivity contribution in [1.29, 1.82) is 0 Å². The molecular weight excluding hydrogens is 266 g/mol. The summed E-state index contributed by atoms with van der Waals surface area (Å²) >= 11 is 11.3. The van der Waals surface area contributed by atoms with Gasteiger partial charge >= 0.3 is 6.18 Å². The summed E-state index contributed by atoms with van der Waals surface area (Å²) in [4.78, 5) is 0. The van der Waals surface area contributed by atoms with Crippen LogP contribution in [0, 0.1) is 0 Å². The average Bonchev–Trinajstić information content (AvgIpc) is 2.15. The first-order valence-corrected chi connectivity index (χ1v) is 4.99. The first-order chi connectivity index (χ1) is 7.36. The molecule has 0 aliphatic carbocycles. The molecule has 0 saturated heterocycles. The van der Waals surface area contributed by atoms with Crippen LogP contribution in [0.5, 0.6) is 5.75 Å². The number of hydrogen-bond acceptors (Lipinski definition) is 2. The summed E-state index contributed by atoms with van der Waals surface area (Å²) in [6.07, 6.45) is -6.68. The Kier molecular flexibility index (Phi) is 4.29. The molecule has 1 atom stereocenters. The second kappa shape index (κ2) is 5.12. The van der Waals surface area contributed by atoms with E-state index in [2.05, 4.69) is 4.74 Å². The van der Waals surface area contributed by atoms with Gasteiger partial charge in [0.1, 0.15) is 0 Å². The van der Waals surface area contributed by atoms with E-state index < -0.39 is 18.8 Å². The van der Waals surface area contributed by atoms with Crippen molar-refractivity contribution in [2.75, 3.05) is 6.54 Å². The molecule has 0 spiro atoms. The number of alkyl halides is 3. The van der Waals surface area contributed by atoms with Crippen LogP contribution in [-0.4, -0.2) is 18.8 Å². The van der Waals surface area contributed by atoms with Crippen LogP contribution in [-0.2, 0) is 0 Å². The number of hydrogen-bond donors (Lipinski definition) is 1. The van der Waals surface area contributed by atoms with Crippen molar-refractivity contribution in [3.05, 3.63) is 28.2 Å². The fourth-order valence-electron chi connectivity index (χ4n) is 0.986. The molecule has 16 heavy (non-hydrogen) atoms. The maximum atomic E-state index is 12.4. The van der Waals surface area contributed by atoms with Crippen molar-refractivity contribution in [3.63, 3.8) is 0 Å². The molecule has 7 heteroatoms. The Bertz CT molecular complexity index is 350. The molecule has 1 aromatic carbocycles. The molecular formula is C9H8Cl2F3NO. The molecule has 2 nitrogen and oxygen atoms in total. The fourth-order valence-corrected chi connectivity index (χ4v) is 1.47. The Balaban J connectivity index is 2.95. The van der Waals surface area contributed by atoms with E-state index >= 15 is 0 Å². The van der Waals surface area contributed by atoms with Crippen LogP contribution < -0.4 is 10.5 Å². The zero-order valence-corrected chi connectivity index (χ0v) is 9.40. The SMILES string of the molecule is NCC(Oc1c(Cl)cccc1Cl)C(F)(F)F. The minimum atomic E-state index is -4.56. The number of para-hydroxylation sites is 1. The van der Waals surface area contributed by atoms with E-state index in [1.165, 1.54) is 18.2 Å². The largest absolute Gasteiger partial charge is 0.476 e. The van der Waals surface area contributed by atoms with E-state index in [9.17, 15) is 13.2 Å². The van der Waals surface area contributed by atoms with Crippen LogP contribution in [0.15, 0.2) is 18.2 Å². The standard InChI is InChI=1S/C9H8Cl2F3NO/c10-5-2-1-3-6(11)8(5)16-7(4-15)9(12,13)14/h1-3,7H,4,15H2. The Morgan fingerprint density at radius 1 is 1.25 bits per heavy atom. The van der Waals surface area contributed by atoms with Crippen LogP contribution in [0.1, 0.15) is 0 Å². The molecule has 2 N–H and O–H groups in total. The van der Waals surface area contributed by atoms with Crippen molar-refractivity contribution in [2.24, 2.45) is 5.73 Å². The van der Waals surface area contributed by atoms with Gasteiger partial charge in [-0.3, -0.25) is 0 Å². The molecule has 0 fully saturated rings. The van der Waals surface area contributed by atoms with E-state index in [1.54, 1.807) is 0 Å². The zero-order valence-electron chi connectivity index (χ0n) is 7.89. The van der Waals surface area contributed by atoms with Crippen LogP contribution >= 0.6 is 23.2 Å². The Hall–Kier alpha value is -0.650. The van der Waals surface area contributed by atoms with Crippen LogP contribution in [0.4, 0.5) is 13.2 Å². The summed E-state index contributed by atoms with van der Waals surface area (Å²) in [7, 11) is 0. The van der Waals surface area contributed by atoms with E-state index in [-0.39, 0.29) is 15.8 Å². The first kappa shape index (κ1) is 13.4. The summed E-state index contributed by atoms with van der Waals surface area (Å²) < 4.78 is 41.8. The van der Waals surface area contributed by atoms with Crippen molar-refractivity contribution in [1.82, 2.24) is 0 Å². The Morgan fingerprint density at radius 2 is 1.75 bits per heavy atom. The van der Waals surface area contributed by atoms with Crippen molar-refractivity contribution >= 4 is 23.2 Å². The second-order valence-corrected chi connectivity index (χ2v) is 3.75. The van der Waals surface area contributed by atoms with Crippen LogP contribution in [0.3, 0.4) is 0 Å². The highest BCUT2D eigenvalue weighted by molar-refractivity contribution is 6.37. The Morgan fingerprint density at radius 3 is 2.12 bits per heavy atom. The maximum absolute atomic E-state index is 12.4. The minimum absolute atomic E-state index is 0.00944. The molecule has 0 aromatic heterocycles. The monoisotopic (exact) mass is 273 g/mol. The van der Waals surface area contributed by atoms with Gasteiger partial charge < -0.3 is 10.5 Å². The van der Waals surface area contributed by atoms with E-state index in [1.807, 2.05) is 0 Å². The summed E-state index contributed by atoms with van der Waals surface area (Å²) in [5.74, 6) is -0.210. The third-order valence-corrected chi connectivity index (χ3v) is 2.35. The highest BCUT2D eigenvalue weighted by Crippen LogP contribution is 2.35. The van der Waals surface area contributed by atoms with Crippen molar-refractivity contribution < 1.29 is 17.9 Å². The maximum Gasteiger partial charge on any atom is 0.426 e. The van der Waals surface area contributed by atoms with Crippen LogP contribution in [0.2, 0.25) is 10.0 Å². The molecule has 0 aliphatic rings. The van der Waals surface area contributed by atoms with E-state index in [0.29, 0.717) is 0 Å². The predicted molar refractivity (Wildman–Crippen MR) is 56.0 cm³/mol. The Labute approximate surface area is 100 Å². The number of nitrogens with two attached hydrogens (primary N) is 1. The highest BCUT2D eigenvalue weighted by Gasteiger charge is 2.41. The smallest absolute Gasteiger partial charge is 0.426 e. The molecule has 1 unspecified atom stereocenters. The number of rotatable bonds is 3. The van der Waals surface area contributed by atoms with E-state index in [4.69, 9.17) is 28.9 Å². The van der Waals surface area contributed by atoms with Crippen LogP contribution in [0.25, 0.3) is 0 Å². The van der Waals surface area contributed by atoms with Gasteiger partial charge in [-0.25, -0.2) is 0 Å². The second-order valence-electron chi connectivity index (χ2n) is 2.93. The molecule has 0 amide bonds. The molecule has 0 saturated carbocycles. The normalized spacial score (nSPS) is 13.6. The highest BCUT2D eigenvalue weighted by atomic mass is 35.5. The lowest BCUT2D eigenvalue weighted by Crippen LogP contribution is -2.40. The van der Waals surface area contributed by atoms with Gasteiger partial charge in [0.25, 0.3) is 0 Å². The molecule has 0 aliphatic heterocycles. The minimum Gasteiger partial charge on any atom is -0.476 e. The van der Waals surface area contributed by atoms with Gasteiger partial charge in [-0.1, -0.05) is 29.3 Å². The third kappa shape index (κ3) is 3.17. The molecule has 1 rings (SSSR count). The lowest BCUT2D eigenvalue weighted by Gasteiger charge is -2.21. The van der Waals surface area contributed by atoms with Gasteiger partial charge in [-0.05, 0) is 12.1 Å². The van der Waals surface area contributed by atoms with Gasteiger partial charge in [0.15, 0.2) is 5.75 Å². The lowest BCUT2D eigenvalue weighted by atomic mass is 10.3. The molecule has 0 bridgehead atoms. The fraction of sp³-hybridized carbons (Fsp3) is 0.333. The summed E-state index contributed by atoms with van der Waals surface area (Å²) in [6, 6.07) is 4.27.